The Labute approximate surface area is 106 Å². The van der Waals surface area contributed by atoms with Crippen molar-refractivity contribution < 1.29 is 0 Å². The van der Waals surface area contributed by atoms with Crippen LogP contribution in [-0.4, -0.2) is 11.5 Å². The van der Waals surface area contributed by atoms with Crippen LogP contribution in [0.15, 0.2) is 30.5 Å². The topological polar surface area (TPSA) is 50.9 Å². The molecule has 4 heteroatoms. The van der Waals surface area contributed by atoms with Gasteiger partial charge in [-0.3, -0.25) is 0 Å². The third kappa shape index (κ3) is 3.84. The number of nitrogens with two attached hydrogens (primary N) is 1. The summed E-state index contributed by atoms with van der Waals surface area (Å²) in [5.74, 6) is 0. The fourth-order valence-corrected chi connectivity index (χ4v) is 2.42. The van der Waals surface area contributed by atoms with Crippen molar-refractivity contribution >= 4 is 17.0 Å². The number of aromatic nitrogens is 1. The van der Waals surface area contributed by atoms with Crippen LogP contribution in [-0.2, 0) is 13.0 Å². The highest BCUT2D eigenvalue weighted by Crippen LogP contribution is 2.10. The average molecular weight is 247 g/mol. The summed E-state index contributed by atoms with van der Waals surface area (Å²) < 4.78 is 0. The smallest absolute Gasteiger partial charge is 0.107 e. The molecule has 0 bridgehead atoms. The van der Waals surface area contributed by atoms with Crippen LogP contribution >= 0.6 is 11.3 Å². The quantitative estimate of drug-likeness (QED) is 0.630. The van der Waals surface area contributed by atoms with E-state index in [0.29, 0.717) is 0 Å². The Bertz CT molecular complexity index is 479. The molecule has 3 nitrogen and oxygen atoms in total. The Balaban J connectivity index is 1.73. The molecule has 0 amide bonds. The summed E-state index contributed by atoms with van der Waals surface area (Å²) in [5.41, 5.74) is 7.83. The van der Waals surface area contributed by atoms with Gasteiger partial charge in [0.1, 0.15) is 5.01 Å². The van der Waals surface area contributed by atoms with Crippen molar-refractivity contribution in [2.24, 2.45) is 0 Å². The van der Waals surface area contributed by atoms with E-state index >= 15 is 0 Å². The molecular formula is C13H17N3S. The minimum Gasteiger partial charge on any atom is -0.399 e. The first-order valence-corrected chi connectivity index (χ1v) is 6.52. The number of nitrogens with one attached hydrogen (secondary N) is 1. The van der Waals surface area contributed by atoms with Gasteiger partial charge in [0, 0.05) is 23.3 Å². The molecule has 2 aromatic rings. The van der Waals surface area contributed by atoms with Gasteiger partial charge >= 0.3 is 0 Å². The number of hydrogen-bond acceptors (Lipinski definition) is 4. The fourth-order valence-electron chi connectivity index (χ4n) is 1.66. The number of hydrogen-bond donors (Lipinski definition) is 2. The Morgan fingerprint density at radius 1 is 1.41 bits per heavy atom. The van der Waals surface area contributed by atoms with E-state index in [1.54, 1.807) is 11.3 Å². The van der Waals surface area contributed by atoms with Crippen molar-refractivity contribution in [3.63, 3.8) is 0 Å². The van der Waals surface area contributed by atoms with E-state index in [4.69, 9.17) is 5.73 Å². The van der Waals surface area contributed by atoms with E-state index in [1.807, 2.05) is 24.4 Å². The second-order valence-electron chi connectivity index (χ2n) is 4.04. The van der Waals surface area contributed by atoms with Crippen LogP contribution in [0, 0.1) is 6.92 Å². The van der Waals surface area contributed by atoms with Crippen molar-refractivity contribution in [1.82, 2.24) is 10.3 Å². The molecule has 2 rings (SSSR count). The number of nitrogen functional groups attached to an aromatic ring is 1. The van der Waals surface area contributed by atoms with Gasteiger partial charge in [0.25, 0.3) is 0 Å². The molecule has 0 aliphatic heterocycles. The zero-order chi connectivity index (χ0) is 12.1. The highest BCUT2D eigenvalue weighted by molar-refractivity contribution is 7.11. The minimum atomic E-state index is 0.832. The van der Waals surface area contributed by atoms with E-state index < -0.39 is 0 Å². The maximum atomic E-state index is 5.73. The molecule has 0 aliphatic carbocycles. The normalized spacial score (nSPS) is 10.6. The molecular weight excluding hydrogens is 230 g/mol. The molecule has 0 saturated carbocycles. The maximum Gasteiger partial charge on any atom is 0.107 e. The highest BCUT2D eigenvalue weighted by atomic mass is 32.1. The first kappa shape index (κ1) is 12.1. The number of aryl methyl sites for hydroxylation is 1. The zero-order valence-electron chi connectivity index (χ0n) is 9.94. The largest absolute Gasteiger partial charge is 0.399 e. The molecule has 1 aromatic carbocycles. The van der Waals surface area contributed by atoms with Crippen LogP contribution in [0.4, 0.5) is 5.69 Å². The summed E-state index contributed by atoms with van der Waals surface area (Å²) in [5, 5.41) is 4.54. The summed E-state index contributed by atoms with van der Waals surface area (Å²) in [4.78, 5) is 5.57. The molecule has 0 radical (unpaired) electrons. The van der Waals surface area contributed by atoms with Gasteiger partial charge in [-0.25, -0.2) is 4.98 Å². The second-order valence-corrected chi connectivity index (χ2v) is 5.36. The molecule has 1 heterocycles. The van der Waals surface area contributed by atoms with Crippen LogP contribution in [0.3, 0.4) is 0 Å². The Kier molecular flexibility index (Phi) is 4.12. The summed E-state index contributed by atoms with van der Waals surface area (Å²) in [7, 11) is 0. The lowest BCUT2D eigenvalue weighted by Gasteiger charge is -2.03. The molecule has 0 aliphatic rings. The van der Waals surface area contributed by atoms with Gasteiger partial charge in [-0.2, -0.15) is 0 Å². The lowest BCUT2D eigenvalue weighted by molar-refractivity contribution is 0.684. The third-order valence-corrected chi connectivity index (χ3v) is 3.40. The summed E-state index contributed by atoms with van der Waals surface area (Å²) in [6.07, 6.45) is 2.91. The molecule has 0 fully saturated rings. The van der Waals surface area contributed by atoms with E-state index in [1.165, 1.54) is 10.4 Å². The average Bonchev–Trinajstić information content (AvgIpc) is 2.71. The number of anilines is 1. The third-order valence-electron chi connectivity index (χ3n) is 2.49. The first-order chi connectivity index (χ1) is 8.24. The summed E-state index contributed by atoms with van der Waals surface area (Å²) >= 11 is 1.74. The van der Waals surface area contributed by atoms with Crippen molar-refractivity contribution in [1.29, 1.82) is 0 Å². The van der Waals surface area contributed by atoms with Gasteiger partial charge in [0.05, 0.1) is 0 Å². The van der Waals surface area contributed by atoms with Gasteiger partial charge in [-0.1, -0.05) is 12.1 Å². The van der Waals surface area contributed by atoms with Crippen LogP contribution in [0.5, 0.6) is 0 Å². The lowest BCUT2D eigenvalue weighted by atomic mass is 10.1. The first-order valence-electron chi connectivity index (χ1n) is 5.70. The summed E-state index contributed by atoms with van der Waals surface area (Å²) in [6, 6.07) is 8.03. The van der Waals surface area contributed by atoms with Crippen molar-refractivity contribution in [2.45, 2.75) is 19.9 Å². The van der Waals surface area contributed by atoms with Crippen LogP contribution in [0.25, 0.3) is 0 Å². The number of thiazole rings is 1. The second kappa shape index (κ2) is 5.80. The molecule has 1 aromatic heterocycles. The molecule has 17 heavy (non-hydrogen) atoms. The van der Waals surface area contributed by atoms with Gasteiger partial charge < -0.3 is 11.1 Å². The van der Waals surface area contributed by atoms with Crippen molar-refractivity contribution in [3.05, 3.63) is 45.9 Å². The van der Waals surface area contributed by atoms with E-state index in [0.717, 1.165) is 30.2 Å². The molecule has 3 N–H and O–H groups in total. The predicted octanol–water partition coefficient (Wildman–Crippen LogP) is 2.37. The number of benzene rings is 1. The van der Waals surface area contributed by atoms with Crippen LogP contribution in [0.1, 0.15) is 15.4 Å². The zero-order valence-corrected chi connectivity index (χ0v) is 10.8. The van der Waals surface area contributed by atoms with Gasteiger partial charge in [-0.05, 0) is 37.6 Å². The van der Waals surface area contributed by atoms with Gasteiger partial charge in [0.15, 0.2) is 0 Å². The van der Waals surface area contributed by atoms with Crippen LogP contribution < -0.4 is 11.1 Å². The molecule has 0 atom stereocenters. The van der Waals surface area contributed by atoms with E-state index in [-0.39, 0.29) is 0 Å². The highest BCUT2D eigenvalue weighted by Gasteiger charge is 1.98. The lowest BCUT2D eigenvalue weighted by Crippen LogP contribution is -2.16. The van der Waals surface area contributed by atoms with Crippen LogP contribution in [0.2, 0.25) is 0 Å². The monoisotopic (exact) mass is 247 g/mol. The maximum absolute atomic E-state index is 5.73. The van der Waals surface area contributed by atoms with Gasteiger partial charge in [0.2, 0.25) is 0 Å². The van der Waals surface area contributed by atoms with Crippen molar-refractivity contribution in [2.75, 3.05) is 12.3 Å². The van der Waals surface area contributed by atoms with Gasteiger partial charge in [-0.15, -0.1) is 11.3 Å². The van der Waals surface area contributed by atoms with Crippen molar-refractivity contribution in [3.8, 4) is 0 Å². The molecule has 0 saturated heterocycles. The molecule has 90 valence electrons. The number of rotatable bonds is 5. The Morgan fingerprint density at radius 2 is 2.29 bits per heavy atom. The molecule has 0 spiro atoms. The SMILES string of the molecule is Cc1cnc(CNCCc2cccc(N)c2)s1. The number of nitrogens with zero attached hydrogens (tertiary/aromatic N) is 1. The predicted molar refractivity (Wildman–Crippen MR) is 73.1 cm³/mol. The summed E-state index contributed by atoms with van der Waals surface area (Å²) in [6.45, 7) is 3.87. The molecule has 0 unspecified atom stereocenters. The van der Waals surface area contributed by atoms with E-state index in [9.17, 15) is 0 Å². The Hall–Kier alpha value is -1.39. The fraction of sp³-hybridized carbons (Fsp3) is 0.308. The Morgan fingerprint density at radius 3 is 3.00 bits per heavy atom. The minimum absolute atomic E-state index is 0.832. The van der Waals surface area contributed by atoms with E-state index in [2.05, 4.69) is 23.3 Å². The standard InChI is InChI=1S/C13H17N3S/c1-10-8-16-13(17-10)9-15-6-5-11-3-2-4-12(14)7-11/h2-4,7-8,15H,5-6,9,14H2,1H3.